The molecule has 2 aromatic rings. The van der Waals surface area contributed by atoms with Crippen LogP contribution in [0.3, 0.4) is 0 Å². The van der Waals surface area contributed by atoms with E-state index in [9.17, 15) is 41.8 Å². The summed E-state index contributed by atoms with van der Waals surface area (Å²) in [5.74, 6) is -6.90. The molecule has 0 unspecified atom stereocenters. The van der Waals surface area contributed by atoms with Crippen molar-refractivity contribution in [1.29, 1.82) is 0 Å². The van der Waals surface area contributed by atoms with Gasteiger partial charge in [-0.15, -0.1) is 0 Å². The summed E-state index contributed by atoms with van der Waals surface area (Å²) in [5.41, 5.74) is -2.07. The van der Waals surface area contributed by atoms with Crippen molar-refractivity contribution < 1.29 is 56.4 Å². The highest BCUT2D eigenvalue weighted by Gasteiger charge is 2.65. The van der Waals surface area contributed by atoms with Crippen molar-refractivity contribution in [2.75, 3.05) is 0 Å². The number of carbonyl (C=O) groups excluding carboxylic acids is 3. The third-order valence-corrected chi connectivity index (χ3v) is 3.50. The van der Waals surface area contributed by atoms with Gasteiger partial charge in [-0.3, -0.25) is 0 Å². The number of esters is 2. The third-order valence-electron chi connectivity index (χ3n) is 3.50. The summed E-state index contributed by atoms with van der Waals surface area (Å²) in [6.07, 6.45) is -11.2. The Bertz CT molecular complexity index is 903. The van der Waals surface area contributed by atoms with E-state index >= 15 is 0 Å². The number of benzene rings is 2. The number of carboxylic acid groups (broad SMARTS) is 2. The van der Waals surface area contributed by atoms with E-state index in [4.69, 9.17) is 5.11 Å². The molecule has 0 spiro atoms. The van der Waals surface area contributed by atoms with E-state index in [0.717, 1.165) is 48.5 Å². The molecule has 0 bridgehead atoms. The Labute approximate surface area is 164 Å². The van der Waals surface area contributed by atoms with E-state index in [0.29, 0.717) is 0 Å². The van der Waals surface area contributed by atoms with Crippen molar-refractivity contribution in [3.05, 3.63) is 70.8 Å². The van der Waals surface area contributed by atoms with Crippen LogP contribution in [0.4, 0.5) is 17.6 Å². The van der Waals surface area contributed by atoms with Crippen molar-refractivity contribution in [2.45, 2.75) is 12.2 Å². The molecule has 0 heterocycles. The molecule has 158 valence electrons. The number of hydrogen-bond acceptors (Lipinski definition) is 7. The molecule has 0 fully saturated rings. The Hall–Kier alpha value is -3.96. The molecule has 0 aliphatic heterocycles. The molecule has 30 heavy (non-hydrogen) atoms. The molecule has 0 saturated carbocycles. The van der Waals surface area contributed by atoms with E-state index in [-0.39, 0.29) is 5.56 Å². The van der Waals surface area contributed by atoms with E-state index in [1.54, 1.807) is 0 Å². The van der Waals surface area contributed by atoms with E-state index in [1.807, 2.05) is 0 Å². The van der Waals surface area contributed by atoms with Gasteiger partial charge in [0.25, 0.3) is 0 Å². The van der Waals surface area contributed by atoms with Gasteiger partial charge in [-0.05, 0) is 42.0 Å². The predicted molar refractivity (Wildman–Crippen MR) is 84.9 cm³/mol. The topological polar surface area (TPSA) is 130 Å². The molecule has 0 amide bonds. The first kappa shape index (κ1) is 22.3. The van der Waals surface area contributed by atoms with Gasteiger partial charge in [-0.2, -0.15) is 17.6 Å². The highest BCUT2D eigenvalue weighted by Crippen LogP contribution is 2.37. The summed E-state index contributed by atoms with van der Waals surface area (Å²) in [6, 6.07) is 6.24. The van der Waals surface area contributed by atoms with Crippen molar-refractivity contribution in [1.82, 2.24) is 0 Å². The van der Waals surface area contributed by atoms with Gasteiger partial charge in [-0.1, -0.05) is 12.1 Å². The minimum absolute atomic E-state index is 0.303. The van der Waals surface area contributed by atoms with Gasteiger partial charge in [0.2, 0.25) is 0 Å². The van der Waals surface area contributed by atoms with Gasteiger partial charge in [-0.25, -0.2) is 14.4 Å². The van der Waals surface area contributed by atoms with Crippen LogP contribution in [-0.4, -0.2) is 41.2 Å². The second-order valence-electron chi connectivity index (χ2n) is 5.56. The molecule has 0 atom stereocenters. The predicted octanol–water partition coefficient (Wildman–Crippen LogP) is 1.95. The van der Waals surface area contributed by atoms with Crippen LogP contribution in [0.25, 0.3) is 0 Å². The summed E-state index contributed by atoms with van der Waals surface area (Å²) in [6.45, 7) is 0. The summed E-state index contributed by atoms with van der Waals surface area (Å²) >= 11 is 0. The average molecular weight is 429 g/mol. The molecule has 0 radical (unpaired) electrons. The van der Waals surface area contributed by atoms with Crippen LogP contribution in [0.5, 0.6) is 0 Å². The normalized spacial score (nSPS) is 11.5. The Morgan fingerprint density at radius 2 is 0.967 bits per heavy atom. The van der Waals surface area contributed by atoms with Crippen molar-refractivity contribution in [3.8, 4) is 0 Å². The maximum atomic E-state index is 13.7. The maximum Gasteiger partial charge on any atom is 0.510 e. The highest BCUT2D eigenvalue weighted by molar-refractivity contribution is 5.93. The SMILES string of the molecule is O=C([O-])c1ccc(C(=O)OC(F)(F)C(F)(F)OC(=O)c2ccc(C(=O)O)cc2)cc1. The Morgan fingerprint density at radius 1 is 0.667 bits per heavy atom. The minimum atomic E-state index is -5.59. The van der Waals surface area contributed by atoms with E-state index < -0.39 is 52.8 Å². The lowest BCUT2D eigenvalue weighted by Crippen LogP contribution is -2.47. The number of alkyl halides is 4. The first-order valence-electron chi connectivity index (χ1n) is 7.71. The molecule has 8 nitrogen and oxygen atoms in total. The zero-order valence-corrected chi connectivity index (χ0v) is 14.4. The van der Waals surface area contributed by atoms with Crippen molar-refractivity contribution in [3.63, 3.8) is 0 Å². The Morgan fingerprint density at radius 3 is 1.27 bits per heavy atom. The van der Waals surface area contributed by atoms with E-state index in [2.05, 4.69) is 9.47 Å². The van der Waals surface area contributed by atoms with Gasteiger partial charge in [0.1, 0.15) is 0 Å². The molecule has 2 rings (SSSR count). The molecule has 1 N–H and O–H groups in total. The molecule has 0 aromatic heterocycles. The lowest BCUT2D eigenvalue weighted by Gasteiger charge is -2.24. The fourth-order valence-corrected chi connectivity index (χ4v) is 1.96. The molecule has 0 aliphatic rings. The molecular formula is C18H9F4O8-. The van der Waals surface area contributed by atoms with Crippen LogP contribution in [0.1, 0.15) is 41.4 Å². The van der Waals surface area contributed by atoms with Crippen LogP contribution in [-0.2, 0) is 9.47 Å². The van der Waals surface area contributed by atoms with Crippen LogP contribution in [0, 0.1) is 0 Å². The van der Waals surface area contributed by atoms with Crippen LogP contribution in [0.15, 0.2) is 48.5 Å². The Kier molecular flexibility index (Phi) is 6.09. The van der Waals surface area contributed by atoms with Gasteiger partial charge < -0.3 is 24.5 Å². The largest absolute Gasteiger partial charge is 0.545 e. The van der Waals surface area contributed by atoms with Crippen LogP contribution in [0.2, 0.25) is 0 Å². The minimum Gasteiger partial charge on any atom is -0.545 e. The fourth-order valence-electron chi connectivity index (χ4n) is 1.96. The lowest BCUT2D eigenvalue weighted by atomic mass is 10.1. The third kappa shape index (κ3) is 4.90. The second-order valence-corrected chi connectivity index (χ2v) is 5.56. The summed E-state index contributed by atoms with van der Waals surface area (Å²) in [5, 5.41) is 19.3. The molecule has 12 heteroatoms. The maximum absolute atomic E-state index is 13.7. The first-order chi connectivity index (χ1) is 13.8. The fraction of sp³-hybridized carbons (Fsp3) is 0.111. The summed E-state index contributed by atoms with van der Waals surface area (Å²) in [7, 11) is 0. The zero-order valence-electron chi connectivity index (χ0n) is 14.4. The molecule has 0 saturated heterocycles. The van der Waals surface area contributed by atoms with Crippen LogP contribution < -0.4 is 5.11 Å². The average Bonchev–Trinajstić information content (AvgIpc) is 2.67. The number of halogens is 4. The lowest BCUT2D eigenvalue weighted by molar-refractivity contribution is -0.396. The Balaban J connectivity index is 2.12. The number of aromatic carboxylic acids is 2. The number of carboxylic acids is 2. The monoisotopic (exact) mass is 429 g/mol. The van der Waals surface area contributed by atoms with Gasteiger partial charge >= 0.3 is 30.1 Å². The molecular weight excluding hydrogens is 420 g/mol. The van der Waals surface area contributed by atoms with Gasteiger partial charge in [0.15, 0.2) is 0 Å². The van der Waals surface area contributed by atoms with Gasteiger partial charge in [0.05, 0.1) is 22.7 Å². The standard InChI is InChI=1S/C18H10F4O8/c19-17(20,29-15(27)11-5-1-9(2-6-11)13(23)24)18(21,22)30-16(28)12-7-3-10(4-8-12)14(25)26/h1-8H,(H,23,24)(H,25,26)/p-1. The second kappa shape index (κ2) is 8.19. The smallest absolute Gasteiger partial charge is 0.510 e. The molecule has 2 aromatic carbocycles. The zero-order chi connectivity index (χ0) is 22.7. The number of ether oxygens (including phenoxy) is 2. The number of rotatable bonds is 7. The summed E-state index contributed by atoms with van der Waals surface area (Å²) < 4.78 is 61.8. The van der Waals surface area contributed by atoms with E-state index in [1.165, 1.54) is 0 Å². The van der Waals surface area contributed by atoms with Crippen molar-refractivity contribution >= 4 is 23.9 Å². The number of hydrogen-bond donors (Lipinski definition) is 1. The summed E-state index contributed by atoms with van der Waals surface area (Å²) in [4.78, 5) is 44.6. The number of carbonyl (C=O) groups is 4. The van der Waals surface area contributed by atoms with Gasteiger partial charge in [0, 0.05) is 0 Å². The molecule has 0 aliphatic carbocycles. The van der Waals surface area contributed by atoms with Crippen molar-refractivity contribution in [2.24, 2.45) is 0 Å². The quantitative estimate of drug-likeness (QED) is 0.522. The highest BCUT2D eigenvalue weighted by atomic mass is 19.3. The van der Waals surface area contributed by atoms with Crippen LogP contribution >= 0.6 is 0 Å². The first-order valence-corrected chi connectivity index (χ1v) is 7.71.